The third-order valence-corrected chi connectivity index (χ3v) is 2.17. The van der Waals surface area contributed by atoms with E-state index in [0.29, 0.717) is 0 Å². The number of hydrogen-bond acceptors (Lipinski definition) is 2. The minimum atomic E-state index is 0.737. The maximum Gasteiger partial charge on any atom is 0.0874 e. The fraction of sp³-hybridized carbons (Fsp3) is 0.222. The van der Waals surface area contributed by atoms with Crippen LogP contribution in [0, 0.1) is 0 Å². The fourth-order valence-electron chi connectivity index (χ4n) is 1.28. The molecule has 0 bridgehead atoms. The van der Waals surface area contributed by atoms with Crippen LogP contribution in [-0.4, -0.2) is 19.8 Å². The summed E-state index contributed by atoms with van der Waals surface area (Å²) in [6.45, 7) is 0.870. The Morgan fingerprint density at radius 2 is 2.33 bits per heavy atom. The van der Waals surface area contributed by atoms with E-state index in [-0.39, 0.29) is 0 Å². The number of rotatable bonds is 0. The zero-order valence-electron chi connectivity index (χ0n) is 6.79. The van der Waals surface area contributed by atoms with E-state index in [2.05, 4.69) is 9.89 Å². The third-order valence-electron chi connectivity index (χ3n) is 1.93. The van der Waals surface area contributed by atoms with Gasteiger partial charge in [0, 0.05) is 18.3 Å². The molecule has 12 heavy (non-hydrogen) atoms. The average Bonchev–Trinajstić information content (AvgIpc) is 2.04. The van der Waals surface area contributed by atoms with Gasteiger partial charge in [0.2, 0.25) is 0 Å². The van der Waals surface area contributed by atoms with Gasteiger partial charge in [-0.25, -0.2) is 0 Å². The van der Waals surface area contributed by atoms with Crippen LogP contribution >= 0.6 is 11.6 Å². The highest BCUT2D eigenvalue weighted by atomic mass is 35.5. The molecule has 0 aliphatic carbocycles. The molecule has 0 saturated heterocycles. The Labute approximate surface area is 76.5 Å². The molecule has 0 atom stereocenters. The van der Waals surface area contributed by atoms with Gasteiger partial charge in [-0.3, -0.25) is 4.99 Å². The number of aliphatic imine (C=N–C) groups is 1. The van der Waals surface area contributed by atoms with Crippen LogP contribution in [0.4, 0.5) is 11.4 Å². The maximum absolute atomic E-state index is 5.83. The monoisotopic (exact) mass is 180 g/mol. The predicted octanol–water partition coefficient (Wildman–Crippen LogP) is 2.49. The Morgan fingerprint density at radius 3 is 3.17 bits per heavy atom. The van der Waals surface area contributed by atoms with Gasteiger partial charge in [0.25, 0.3) is 0 Å². The normalized spacial score (nSPS) is 14.7. The second kappa shape index (κ2) is 2.79. The first kappa shape index (κ1) is 7.62. The molecule has 1 aromatic carbocycles. The lowest BCUT2D eigenvalue weighted by Gasteiger charge is -2.22. The van der Waals surface area contributed by atoms with Gasteiger partial charge < -0.3 is 4.90 Å². The van der Waals surface area contributed by atoms with Crippen molar-refractivity contribution in [2.45, 2.75) is 0 Å². The Kier molecular flexibility index (Phi) is 1.77. The van der Waals surface area contributed by atoms with Gasteiger partial charge in [-0.05, 0) is 18.2 Å². The molecule has 0 radical (unpaired) electrons. The number of anilines is 1. The summed E-state index contributed by atoms with van der Waals surface area (Å²) in [5, 5.41) is 0.737. The number of benzene rings is 1. The highest BCUT2D eigenvalue weighted by Crippen LogP contribution is 2.32. The summed E-state index contributed by atoms with van der Waals surface area (Å²) in [6.07, 6.45) is 1.89. The van der Waals surface area contributed by atoms with Crippen molar-refractivity contribution in [2.24, 2.45) is 4.99 Å². The van der Waals surface area contributed by atoms with Gasteiger partial charge in [-0.1, -0.05) is 11.6 Å². The van der Waals surface area contributed by atoms with E-state index in [1.807, 2.05) is 31.5 Å². The Balaban J connectivity index is 2.55. The molecule has 0 saturated carbocycles. The molecule has 0 amide bonds. The first-order valence-electron chi connectivity index (χ1n) is 3.80. The molecule has 0 N–H and O–H groups in total. The average molecular weight is 181 g/mol. The van der Waals surface area contributed by atoms with E-state index >= 15 is 0 Å². The van der Waals surface area contributed by atoms with E-state index in [1.54, 1.807) is 0 Å². The topological polar surface area (TPSA) is 15.6 Å². The van der Waals surface area contributed by atoms with Gasteiger partial charge in [-0.15, -0.1) is 0 Å². The predicted molar refractivity (Wildman–Crippen MR) is 52.9 cm³/mol. The molecule has 0 aromatic heterocycles. The van der Waals surface area contributed by atoms with Crippen LogP contribution < -0.4 is 4.90 Å². The van der Waals surface area contributed by atoms with Crippen molar-refractivity contribution in [3.63, 3.8) is 0 Å². The summed E-state index contributed by atoms with van der Waals surface area (Å²) in [6, 6.07) is 5.76. The molecule has 1 heterocycles. The molecule has 0 unspecified atom stereocenters. The van der Waals surface area contributed by atoms with Crippen molar-refractivity contribution in [1.29, 1.82) is 0 Å². The SMILES string of the molecule is CN1CC=Nc2cc(Cl)ccc21. The molecule has 0 fully saturated rings. The van der Waals surface area contributed by atoms with E-state index in [1.165, 1.54) is 0 Å². The number of nitrogens with zero attached hydrogens (tertiary/aromatic N) is 2. The standard InChI is InChI=1S/C9H9ClN2/c1-12-5-4-11-8-6-7(10)2-3-9(8)12/h2-4,6H,5H2,1H3. The van der Waals surface area contributed by atoms with Crippen LogP contribution in [0.15, 0.2) is 23.2 Å². The highest BCUT2D eigenvalue weighted by molar-refractivity contribution is 6.31. The van der Waals surface area contributed by atoms with Gasteiger partial charge in [0.15, 0.2) is 0 Å². The summed E-state index contributed by atoms with van der Waals surface area (Å²) < 4.78 is 0. The fourth-order valence-corrected chi connectivity index (χ4v) is 1.45. The van der Waals surface area contributed by atoms with Crippen molar-refractivity contribution < 1.29 is 0 Å². The zero-order valence-corrected chi connectivity index (χ0v) is 7.54. The molecule has 0 spiro atoms. The molecule has 1 aromatic rings. The molecule has 2 nitrogen and oxygen atoms in total. The van der Waals surface area contributed by atoms with Crippen LogP contribution in [0.2, 0.25) is 5.02 Å². The lowest BCUT2D eigenvalue weighted by molar-refractivity contribution is 1.05. The molecule has 1 aliphatic rings. The number of fused-ring (bicyclic) bond motifs is 1. The van der Waals surface area contributed by atoms with Crippen molar-refractivity contribution in [3.8, 4) is 0 Å². The first-order valence-corrected chi connectivity index (χ1v) is 4.18. The molecular weight excluding hydrogens is 172 g/mol. The van der Waals surface area contributed by atoms with E-state index in [4.69, 9.17) is 11.6 Å². The molecule has 2 rings (SSSR count). The van der Waals surface area contributed by atoms with E-state index in [0.717, 1.165) is 22.9 Å². The van der Waals surface area contributed by atoms with Gasteiger partial charge in [-0.2, -0.15) is 0 Å². The van der Waals surface area contributed by atoms with Crippen LogP contribution in [-0.2, 0) is 0 Å². The zero-order chi connectivity index (χ0) is 8.55. The summed E-state index contributed by atoms with van der Waals surface area (Å²) in [5.74, 6) is 0. The molecule has 1 aliphatic heterocycles. The maximum atomic E-state index is 5.83. The Hall–Kier alpha value is -1.02. The van der Waals surface area contributed by atoms with Gasteiger partial charge >= 0.3 is 0 Å². The molecular formula is C9H9ClN2. The summed E-state index contributed by atoms with van der Waals surface area (Å²) in [5.41, 5.74) is 2.10. The lowest BCUT2D eigenvalue weighted by Crippen LogP contribution is -2.21. The summed E-state index contributed by atoms with van der Waals surface area (Å²) in [7, 11) is 2.04. The van der Waals surface area contributed by atoms with Crippen LogP contribution in [0.5, 0.6) is 0 Å². The van der Waals surface area contributed by atoms with Crippen LogP contribution in [0.25, 0.3) is 0 Å². The van der Waals surface area contributed by atoms with Crippen LogP contribution in [0.3, 0.4) is 0 Å². The third kappa shape index (κ3) is 1.18. The number of halogens is 1. The summed E-state index contributed by atoms with van der Waals surface area (Å²) in [4.78, 5) is 6.39. The first-order chi connectivity index (χ1) is 5.77. The highest BCUT2D eigenvalue weighted by Gasteiger charge is 2.09. The number of hydrogen-bond donors (Lipinski definition) is 0. The van der Waals surface area contributed by atoms with Crippen molar-refractivity contribution >= 4 is 29.2 Å². The second-order valence-corrected chi connectivity index (χ2v) is 3.26. The van der Waals surface area contributed by atoms with Crippen molar-refractivity contribution in [1.82, 2.24) is 0 Å². The molecule has 62 valence electrons. The van der Waals surface area contributed by atoms with E-state index in [9.17, 15) is 0 Å². The van der Waals surface area contributed by atoms with E-state index < -0.39 is 0 Å². The Morgan fingerprint density at radius 1 is 1.50 bits per heavy atom. The minimum absolute atomic E-state index is 0.737. The molecule has 3 heteroatoms. The van der Waals surface area contributed by atoms with Gasteiger partial charge in [0.1, 0.15) is 0 Å². The largest absolute Gasteiger partial charge is 0.368 e. The van der Waals surface area contributed by atoms with Crippen molar-refractivity contribution in [2.75, 3.05) is 18.5 Å². The Bertz CT molecular complexity index is 333. The van der Waals surface area contributed by atoms with Gasteiger partial charge in [0.05, 0.1) is 17.9 Å². The quantitative estimate of drug-likeness (QED) is 0.599. The lowest BCUT2D eigenvalue weighted by atomic mass is 10.2. The second-order valence-electron chi connectivity index (χ2n) is 2.83. The summed E-state index contributed by atoms with van der Waals surface area (Å²) >= 11 is 5.83. The minimum Gasteiger partial charge on any atom is -0.368 e. The van der Waals surface area contributed by atoms with Crippen molar-refractivity contribution in [3.05, 3.63) is 23.2 Å². The smallest absolute Gasteiger partial charge is 0.0874 e. The van der Waals surface area contributed by atoms with Crippen LogP contribution in [0.1, 0.15) is 0 Å².